The molecule has 0 atom stereocenters. The third-order valence-corrected chi connectivity index (χ3v) is 4.79. The smallest absolute Gasteiger partial charge is 0.339 e. The molecule has 0 radical (unpaired) electrons. The minimum absolute atomic E-state index is 0.0853. The first-order chi connectivity index (χ1) is 10.7. The van der Waals surface area contributed by atoms with Gasteiger partial charge in [0.05, 0.1) is 5.69 Å². The predicted octanol–water partition coefficient (Wildman–Crippen LogP) is 3.34. The van der Waals surface area contributed by atoms with Crippen molar-refractivity contribution < 1.29 is 17.4 Å². The summed E-state index contributed by atoms with van der Waals surface area (Å²) >= 11 is 0. The molecule has 0 heterocycles. The van der Waals surface area contributed by atoms with E-state index in [4.69, 9.17) is 4.18 Å². The van der Waals surface area contributed by atoms with E-state index in [1.165, 1.54) is 13.0 Å². The van der Waals surface area contributed by atoms with Gasteiger partial charge in [0.25, 0.3) is 0 Å². The highest BCUT2D eigenvalue weighted by atomic mass is 32.2. The molecule has 0 aliphatic carbocycles. The molecule has 23 heavy (non-hydrogen) atoms. The number of carbonyl (C=O) groups excluding carboxylic acids is 1. The summed E-state index contributed by atoms with van der Waals surface area (Å²) in [4.78, 5) is 11.4. The fourth-order valence-electron chi connectivity index (χ4n) is 2.55. The Morgan fingerprint density at radius 1 is 1.04 bits per heavy atom. The van der Waals surface area contributed by atoms with Crippen LogP contribution in [0.1, 0.15) is 23.6 Å². The molecule has 122 valence electrons. The van der Waals surface area contributed by atoms with Gasteiger partial charge < -0.3 is 9.50 Å². The zero-order valence-corrected chi connectivity index (χ0v) is 14.3. The maximum Gasteiger partial charge on any atom is 0.339 e. The van der Waals surface area contributed by atoms with Crippen LogP contribution < -0.4 is 9.50 Å². The van der Waals surface area contributed by atoms with Crippen molar-refractivity contribution in [3.05, 3.63) is 53.1 Å². The van der Waals surface area contributed by atoms with Crippen LogP contribution in [0.4, 0.5) is 5.69 Å². The second-order valence-electron chi connectivity index (χ2n) is 5.44. The first-order valence-corrected chi connectivity index (χ1v) is 8.50. The van der Waals surface area contributed by atoms with E-state index in [2.05, 4.69) is 5.32 Å². The second-order valence-corrected chi connectivity index (χ2v) is 6.93. The lowest BCUT2D eigenvalue weighted by atomic mass is 10.1. The predicted molar refractivity (Wildman–Crippen MR) is 89.2 cm³/mol. The monoisotopic (exact) mass is 333 g/mol. The molecule has 5 nitrogen and oxygen atoms in total. The van der Waals surface area contributed by atoms with Crippen molar-refractivity contribution in [1.82, 2.24) is 0 Å². The Bertz CT molecular complexity index is 834. The van der Waals surface area contributed by atoms with Crippen molar-refractivity contribution in [3.63, 3.8) is 0 Å². The summed E-state index contributed by atoms with van der Waals surface area (Å²) in [5.74, 6) is -0.219. The molecular formula is C17H19NO4S. The van der Waals surface area contributed by atoms with Gasteiger partial charge in [-0.3, -0.25) is 4.79 Å². The summed E-state index contributed by atoms with van der Waals surface area (Å²) in [6.45, 7) is 6.72. The first kappa shape index (κ1) is 17.0. The fourth-order valence-corrected chi connectivity index (χ4v) is 3.92. The van der Waals surface area contributed by atoms with Gasteiger partial charge in [-0.25, -0.2) is 0 Å². The maximum atomic E-state index is 12.7. The summed E-state index contributed by atoms with van der Waals surface area (Å²) in [7, 11) is -4.00. The Morgan fingerprint density at radius 2 is 1.61 bits per heavy atom. The van der Waals surface area contributed by atoms with Crippen LogP contribution in [-0.2, 0) is 14.9 Å². The van der Waals surface area contributed by atoms with Gasteiger partial charge in [-0.05, 0) is 44.0 Å². The van der Waals surface area contributed by atoms with Gasteiger partial charge in [0.2, 0.25) is 5.91 Å². The molecule has 1 N–H and O–H groups in total. The molecule has 2 aromatic rings. The van der Waals surface area contributed by atoms with E-state index in [1.807, 2.05) is 6.92 Å². The van der Waals surface area contributed by atoms with Gasteiger partial charge in [-0.15, -0.1) is 0 Å². The first-order valence-electron chi connectivity index (χ1n) is 7.09. The topological polar surface area (TPSA) is 72.5 Å². The van der Waals surface area contributed by atoms with Crippen LogP contribution in [-0.4, -0.2) is 14.3 Å². The molecule has 0 aliphatic heterocycles. The van der Waals surface area contributed by atoms with Crippen LogP contribution in [0.25, 0.3) is 0 Å². The number of hydrogen-bond donors (Lipinski definition) is 1. The Morgan fingerprint density at radius 3 is 2.17 bits per heavy atom. The van der Waals surface area contributed by atoms with Crippen LogP contribution in [0.5, 0.6) is 5.75 Å². The highest BCUT2D eigenvalue weighted by molar-refractivity contribution is 7.87. The molecule has 0 aliphatic rings. The largest absolute Gasteiger partial charge is 0.377 e. The van der Waals surface area contributed by atoms with Crippen molar-refractivity contribution in [2.24, 2.45) is 0 Å². The molecule has 0 bridgehead atoms. The van der Waals surface area contributed by atoms with Crippen LogP contribution in [0.2, 0.25) is 0 Å². The van der Waals surface area contributed by atoms with E-state index < -0.39 is 10.1 Å². The Kier molecular flexibility index (Phi) is 4.75. The SMILES string of the molecule is CC(=O)Nc1ccccc1OS(=O)(=O)c1c(C)cc(C)cc1C. The Hall–Kier alpha value is -2.34. The molecule has 2 aromatic carbocycles. The number of rotatable bonds is 4. The summed E-state index contributed by atoms with van der Waals surface area (Å²) < 4.78 is 30.6. The van der Waals surface area contributed by atoms with Gasteiger partial charge >= 0.3 is 10.1 Å². The number of benzene rings is 2. The molecule has 0 spiro atoms. The molecule has 0 aromatic heterocycles. The molecule has 6 heteroatoms. The van der Waals surface area contributed by atoms with Crippen molar-refractivity contribution in [2.75, 3.05) is 5.32 Å². The normalized spacial score (nSPS) is 11.1. The highest BCUT2D eigenvalue weighted by Crippen LogP contribution is 2.30. The lowest BCUT2D eigenvalue weighted by molar-refractivity contribution is -0.114. The highest BCUT2D eigenvalue weighted by Gasteiger charge is 2.23. The van der Waals surface area contributed by atoms with Crippen LogP contribution in [0, 0.1) is 20.8 Å². The quantitative estimate of drug-likeness (QED) is 0.871. The summed E-state index contributed by atoms with van der Waals surface area (Å²) in [6, 6.07) is 10.0. The fraction of sp³-hybridized carbons (Fsp3) is 0.235. The van der Waals surface area contributed by atoms with Gasteiger partial charge in [0, 0.05) is 6.92 Å². The number of aryl methyl sites for hydroxylation is 3. The zero-order valence-electron chi connectivity index (χ0n) is 13.5. The Balaban J connectivity index is 2.46. The van der Waals surface area contributed by atoms with E-state index in [-0.39, 0.29) is 16.6 Å². The number of para-hydroxylation sites is 2. The van der Waals surface area contributed by atoms with E-state index in [0.29, 0.717) is 16.8 Å². The standard InChI is InChI=1S/C17H19NO4S/c1-11-9-12(2)17(13(3)10-11)23(20,21)22-16-8-6-5-7-15(16)18-14(4)19/h5-10H,1-4H3,(H,18,19). The molecule has 2 rings (SSSR count). The van der Waals surface area contributed by atoms with E-state index in [0.717, 1.165) is 5.56 Å². The van der Waals surface area contributed by atoms with Crippen LogP contribution in [0.3, 0.4) is 0 Å². The minimum atomic E-state index is -4.00. The lowest BCUT2D eigenvalue weighted by Crippen LogP contribution is -2.15. The number of amides is 1. The van der Waals surface area contributed by atoms with Crippen molar-refractivity contribution in [1.29, 1.82) is 0 Å². The van der Waals surface area contributed by atoms with Crippen LogP contribution >= 0.6 is 0 Å². The van der Waals surface area contributed by atoms with Gasteiger partial charge in [-0.2, -0.15) is 8.42 Å². The number of nitrogens with one attached hydrogen (secondary N) is 1. The third kappa shape index (κ3) is 3.90. The molecule has 1 amide bonds. The molecule has 0 fully saturated rings. The molecule has 0 unspecified atom stereocenters. The van der Waals surface area contributed by atoms with E-state index in [1.54, 1.807) is 44.2 Å². The number of hydrogen-bond acceptors (Lipinski definition) is 4. The summed E-state index contributed by atoms with van der Waals surface area (Å²) in [5.41, 5.74) is 2.54. The lowest BCUT2D eigenvalue weighted by Gasteiger charge is -2.15. The van der Waals surface area contributed by atoms with E-state index in [9.17, 15) is 13.2 Å². The number of carbonyl (C=O) groups is 1. The van der Waals surface area contributed by atoms with Crippen molar-refractivity contribution in [3.8, 4) is 5.75 Å². The van der Waals surface area contributed by atoms with Crippen LogP contribution in [0.15, 0.2) is 41.3 Å². The van der Waals surface area contributed by atoms with Gasteiger partial charge in [0.1, 0.15) is 4.90 Å². The third-order valence-electron chi connectivity index (χ3n) is 3.25. The van der Waals surface area contributed by atoms with E-state index >= 15 is 0 Å². The second kappa shape index (κ2) is 6.42. The molecule has 0 saturated heterocycles. The summed E-state index contributed by atoms with van der Waals surface area (Å²) in [6.07, 6.45) is 0. The van der Waals surface area contributed by atoms with Gasteiger partial charge in [0.15, 0.2) is 5.75 Å². The summed E-state index contributed by atoms with van der Waals surface area (Å²) in [5, 5.41) is 2.56. The van der Waals surface area contributed by atoms with Crippen molar-refractivity contribution in [2.45, 2.75) is 32.6 Å². The maximum absolute atomic E-state index is 12.7. The average Bonchev–Trinajstić information content (AvgIpc) is 2.38. The minimum Gasteiger partial charge on any atom is -0.377 e. The zero-order chi connectivity index (χ0) is 17.2. The van der Waals surface area contributed by atoms with Gasteiger partial charge in [-0.1, -0.05) is 29.8 Å². The van der Waals surface area contributed by atoms with Crippen molar-refractivity contribution >= 4 is 21.7 Å². The Labute approximate surface area is 136 Å². The molecule has 0 saturated carbocycles. The average molecular weight is 333 g/mol. The molecular weight excluding hydrogens is 314 g/mol. The number of anilines is 1.